The third kappa shape index (κ3) is 7.20. The van der Waals surface area contributed by atoms with Crippen LogP contribution < -0.4 is 14.5 Å². The fourth-order valence-electron chi connectivity index (χ4n) is 3.86. The monoisotopic (exact) mass is 575 g/mol. The van der Waals surface area contributed by atoms with Gasteiger partial charge < -0.3 is 13.9 Å². The van der Waals surface area contributed by atoms with E-state index < -0.39 is 28.4 Å². The van der Waals surface area contributed by atoms with E-state index >= 15 is 0 Å². The number of hydrogen-bond acceptors (Lipinski definition) is 8. The maximum Gasteiger partial charge on any atom is 0.338 e. The predicted molar refractivity (Wildman–Crippen MR) is 154 cm³/mol. The molecule has 0 aliphatic rings. The molecule has 0 saturated heterocycles. The van der Waals surface area contributed by atoms with E-state index in [1.54, 1.807) is 92.7 Å². The van der Waals surface area contributed by atoms with E-state index in [2.05, 4.69) is 10.5 Å². The number of benzene rings is 3. The van der Waals surface area contributed by atoms with Crippen molar-refractivity contribution in [2.45, 2.75) is 18.7 Å². The molecule has 11 heteroatoms. The van der Waals surface area contributed by atoms with Crippen LogP contribution in [0.5, 0.6) is 5.75 Å². The summed E-state index contributed by atoms with van der Waals surface area (Å²) in [4.78, 5) is 24.8. The highest BCUT2D eigenvalue weighted by Gasteiger charge is 2.29. The molecule has 0 aliphatic heterocycles. The first-order chi connectivity index (χ1) is 19.8. The van der Waals surface area contributed by atoms with Crippen LogP contribution in [0.3, 0.4) is 0 Å². The normalized spacial score (nSPS) is 11.3. The molecule has 0 radical (unpaired) electrons. The Bertz CT molecular complexity index is 1620. The van der Waals surface area contributed by atoms with Crippen LogP contribution in [0, 0.1) is 0 Å². The second-order valence-corrected chi connectivity index (χ2v) is 10.4. The molecule has 1 amide bonds. The zero-order chi connectivity index (χ0) is 29.2. The number of rotatable bonds is 12. The summed E-state index contributed by atoms with van der Waals surface area (Å²) in [6.07, 6.45) is 1.30. The maximum atomic E-state index is 13.6. The molecule has 1 N–H and O–H groups in total. The van der Waals surface area contributed by atoms with Crippen LogP contribution in [0.4, 0.5) is 5.69 Å². The quantitative estimate of drug-likeness (QED) is 0.145. The Morgan fingerprint density at radius 3 is 2.32 bits per heavy atom. The summed E-state index contributed by atoms with van der Waals surface area (Å²) in [6.45, 7) is 3.58. The van der Waals surface area contributed by atoms with Gasteiger partial charge in [-0.05, 0) is 62.4 Å². The molecule has 3 aromatic carbocycles. The molecule has 0 unspecified atom stereocenters. The van der Waals surface area contributed by atoms with Crippen LogP contribution in [0.1, 0.15) is 30.0 Å². The van der Waals surface area contributed by atoms with E-state index in [0.717, 1.165) is 9.87 Å². The van der Waals surface area contributed by atoms with Crippen LogP contribution in [0.15, 0.2) is 105 Å². The first kappa shape index (κ1) is 29.1. The maximum absolute atomic E-state index is 13.6. The highest BCUT2D eigenvalue weighted by atomic mass is 32.2. The number of carbonyl (C=O) groups excluding carboxylic acids is 2. The molecule has 0 spiro atoms. The molecule has 0 saturated carbocycles. The number of amides is 1. The predicted octanol–water partition coefficient (Wildman–Crippen LogP) is 4.87. The van der Waals surface area contributed by atoms with Crippen molar-refractivity contribution in [3.63, 3.8) is 0 Å². The van der Waals surface area contributed by atoms with E-state index in [-0.39, 0.29) is 10.6 Å². The Kier molecular flexibility index (Phi) is 9.54. The van der Waals surface area contributed by atoms with Gasteiger partial charge in [0.1, 0.15) is 23.8 Å². The van der Waals surface area contributed by atoms with Gasteiger partial charge in [-0.2, -0.15) is 5.10 Å². The number of hydrogen-bond donors (Lipinski definition) is 1. The molecule has 0 fully saturated rings. The summed E-state index contributed by atoms with van der Waals surface area (Å²) in [5.74, 6) is 0.127. The van der Waals surface area contributed by atoms with Crippen LogP contribution >= 0.6 is 0 Å². The summed E-state index contributed by atoms with van der Waals surface area (Å²) >= 11 is 0. The zero-order valence-electron chi connectivity index (χ0n) is 22.5. The van der Waals surface area contributed by atoms with Gasteiger partial charge in [-0.1, -0.05) is 42.5 Å². The van der Waals surface area contributed by atoms with Gasteiger partial charge in [-0.25, -0.2) is 18.6 Å². The van der Waals surface area contributed by atoms with Crippen LogP contribution in [0.25, 0.3) is 11.3 Å². The van der Waals surface area contributed by atoms with Crippen molar-refractivity contribution in [3.05, 3.63) is 102 Å². The lowest BCUT2D eigenvalue weighted by Gasteiger charge is -2.25. The lowest BCUT2D eigenvalue weighted by Crippen LogP contribution is -2.39. The van der Waals surface area contributed by atoms with Crippen molar-refractivity contribution < 1.29 is 31.9 Å². The van der Waals surface area contributed by atoms with E-state index in [9.17, 15) is 18.0 Å². The highest BCUT2D eigenvalue weighted by molar-refractivity contribution is 7.92. The fourth-order valence-corrected chi connectivity index (χ4v) is 5.31. The lowest BCUT2D eigenvalue weighted by molar-refractivity contribution is -0.119. The summed E-state index contributed by atoms with van der Waals surface area (Å²) < 4.78 is 44.5. The number of para-hydroxylation sites is 2. The van der Waals surface area contributed by atoms with Gasteiger partial charge in [-0.15, -0.1) is 0 Å². The topological polar surface area (TPSA) is 128 Å². The molecule has 1 aromatic heterocycles. The van der Waals surface area contributed by atoms with Crippen LogP contribution in [-0.4, -0.2) is 46.3 Å². The van der Waals surface area contributed by atoms with Gasteiger partial charge in [-0.3, -0.25) is 9.10 Å². The molecule has 0 atom stereocenters. The fraction of sp³-hybridized carbons (Fsp3) is 0.167. The number of ether oxygens (including phenoxy) is 2. The lowest BCUT2D eigenvalue weighted by atomic mass is 10.1. The molecule has 4 aromatic rings. The summed E-state index contributed by atoms with van der Waals surface area (Å²) in [5, 5.41) is 3.93. The minimum Gasteiger partial charge on any atom is -0.492 e. The first-order valence-electron chi connectivity index (χ1n) is 12.8. The van der Waals surface area contributed by atoms with Crippen molar-refractivity contribution in [3.8, 4) is 17.1 Å². The standard InChI is InChI=1S/C30H29N3O7S/c1-3-38-28-13-9-8-12-26(28)33(41(36,37)25-10-6-5-7-11-25)21-29(34)32-31-20-24-18-19-27(40-24)22-14-16-23(17-15-22)30(35)39-4-2/h5-20H,3-4,21H2,1-2H3,(H,32,34)/b31-20-. The summed E-state index contributed by atoms with van der Waals surface area (Å²) in [7, 11) is -4.11. The number of furan rings is 1. The van der Waals surface area contributed by atoms with Crippen molar-refractivity contribution in [2.24, 2.45) is 5.10 Å². The van der Waals surface area contributed by atoms with Crippen molar-refractivity contribution in [1.29, 1.82) is 0 Å². The van der Waals surface area contributed by atoms with Crippen molar-refractivity contribution in [1.82, 2.24) is 5.43 Å². The average molecular weight is 576 g/mol. The van der Waals surface area contributed by atoms with Gasteiger partial charge in [0.05, 0.1) is 35.6 Å². The largest absolute Gasteiger partial charge is 0.492 e. The Balaban J connectivity index is 1.48. The van der Waals surface area contributed by atoms with Crippen molar-refractivity contribution >= 4 is 33.8 Å². The number of sulfonamides is 1. The molecular weight excluding hydrogens is 546 g/mol. The molecule has 1 heterocycles. The number of nitrogens with zero attached hydrogens (tertiary/aromatic N) is 2. The second-order valence-electron chi connectivity index (χ2n) is 8.52. The van der Waals surface area contributed by atoms with Gasteiger partial charge in [0, 0.05) is 5.56 Å². The third-order valence-electron chi connectivity index (χ3n) is 5.74. The number of hydrazone groups is 1. The Labute approximate surface area is 238 Å². The highest BCUT2D eigenvalue weighted by Crippen LogP contribution is 2.32. The minimum atomic E-state index is -4.11. The van der Waals surface area contributed by atoms with E-state index in [1.165, 1.54) is 18.3 Å². The Morgan fingerprint density at radius 1 is 0.902 bits per heavy atom. The molecule has 41 heavy (non-hydrogen) atoms. The first-order valence-corrected chi connectivity index (χ1v) is 14.3. The van der Waals surface area contributed by atoms with Crippen LogP contribution in [0.2, 0.25) is 0 Å². The molecule has 10 nitrogen and oxygen atoms in total. The number of nitrogens with one attached hydrogen (secondary N) is 1. The second kappa shape index (κ2) is 13.4. The third-order valence-corrected chi connectivity index (χ3v) is 7.51. The van der Waals surface area contributed by atoms with Gasteiger partial charge in [0.2, 0.25) is 0 Å². The molecule has 0 aliphatic carbocycles. The van der Waals surface area contributed by atoms with Crippen molar-refractivity contribution in [2.75, 3.05) is 24.1 Å². The number of carbonyl (C=O) groups is 2. The summed E-state index contributed by atoms with van der Waals surface area (Å²) in [6, 6.07) is 24.6. The van der Waals surface area contributed by atoms with E-state index in [0.29, 0.717) is 36.0 Å². The van der Waals surface area contributed by atoms with Gasteiger partial charge in [0.15, 0.2) is 0 Å². The molecular formula is C30H29N3O7S. The average Bonchev–Trinajstić information content (AvgIpc) is 3.46. The molecule has 4 rings (SSSR count). The zero-order valence-corrected chi connectivity index (χ0v) is 23.3. The Hall–Kier alpha value is -4.90. The van der Waals surface area contributed by atoms with Gasteiger partial charge >= 0.3 is 5.97 Å². The summed E-state index contributed by atoms with van der Waals surface area (Å²) in [5.41, 5.74) is 3.75. The smallest absolute Gasteiger partial charge is 0.338 e. The van der Waals surface area contributed by atoms with Gasteiger partial charge in [0.25, 0.3) is 15.9 Å². The SMILES string of the molecule is CCOC(=O)c1ccc(-c2ccc(/C=N\NC(=O)CN(c3ccccc3OCC)S(=O)(=O)c3ccccc3)o2)cc1. The molecule has 212 valence electrons. The Morgan fingerprint density at radius 2 is 1.61 bits per heavy atom. The van der Waals surface area contributed by atoms with E-state index in [4.69, 9.17) is 13.9 Å². The number of esters is 1. The molecule has 0 bridgehead atoms. The van der Waals surface area contributed by atoms with E-state index in [1.807, 2.05) is 0 Å². The minimum absolute atomic E-state index is 0.0287. The van der Waals surface area contributed by atoms with Crippen LogP contribution in [-0.2, 0) is 19.6 Å². The number of anilines is 1.